The predicted octanol–water partition coefficient (Wildman–Crippen LogP) is 3.96. The summed E-state index contributed by atoms with van der Waals surface area (Å²) in [6, 6.07) is 6.95. The second-order valence-corrected chi connectivity index (χ2v) is 8.35. The lowest BCUT2D eigenvalue weighted by Crippen LogP contribution is -2.33. The first-order valence-electron chi connectivity index (χ1n) is 11.7. The quantitative estimate of drug-likeness (QED) is 0.477. The number of phenols is 1. The molecule has 1 atom stereocenters. The summed E-state index contributed by atoms with van der Waals surface area (Å²) in [4.78, 5) is 2.38. The number of hydrogen-bond donors (Lipinski definition) is 2. The van der Waals surface area contributed by atoms with Gasteiger partial charge in [0.25, 0.3) is 0 Å². The maximum absolute atomic E-state index is 11.3. The summed E-state index contributed by atoms with van der Waals surface area (Å²) in [5, 5.41) is 20.8. The Morgan fingerprint density at radius 3 is 1.94 bits per heavy atom. The van der Waals surface area contributed by atoms with Crippen LogP contribution in [0.5, 0.6) is 34.5 Å². The van der Waals surface area contributed by atoms with E-state index in [2.05, 4.69) is 4.90 Å². The molecule has 8 heteroatoms. The summed E-state index contributed by atoms with van der Waals surface area (Å²) in [7, 11) is 6.10. The van der Waals surface area contributed by atoms with Gasteiger partial charge in [0.05, 0.1) is 40.1 Å². The van der Waals surface area contributed by atoms with Crippen LogP contribution in [-0.4, -0.2) is 69.8 Å². The summed E-state index contributed by atoms with van der Waals surface area (Å²) in [6.45, 7) is 3.35. The third-order valence-electron chi connectivity index (χ3n) is 6.21. The number of benzene rings is 2. The Morgan fingerprint density at radius 2 is 1.35 bits per heavy atom. The Bertz CT molecular complexity index is 911. The Balaban J connectivity index is 1.93. The molecule has 0 radical (unpaired) electrons. The second kappa shape index (κ2) is 12.6. The van der Waals surface area contributed by atoms with Crippen molar-refractivity contribution < 1.29 is 33.9 Å². The van der Waals surface area contributed by atoms with Gasteiger partial charge in [0.1, 0.15) is 12.4 Å². The maximum atomic E-state index is 11.3. The van der Waals surface area contributed by atoms with Crippen LogP contribution in [0.25, 0.3) is 0 Å². The zero-order valence-electron chi connectivity index (χ0n) is 20.6. The summed E-state index contributed by atoms with van der Waals surface area (Å²) in [5.74, 6) is 2.00. The molecule has 1 aliphatic rings. The van der Waals surface area contributed by atoms with Crippen LogP contribution < -0.4 is 23.7 Å². The van der Waals surface area contributed by atoms with Crippen LogP contribution in [0.1, 0.15) is 42.9 Å². The summed E-state index contributed by atoms with van der Waals surface area (Å²) >= 11 is 0. The lowest BCUT2D eigenvalue weighted by atomic mass is 9.98. The highest BCUT2D eigenvalue weighted by molar-refractivity contribution is 5.71. The van der Waals surface area contributed by atoms with Gasteiger partial charge < -0.3 is 33.9 Å². The number of aliphatic hydroxyl groups is 1. The normalized spacial score (nSPS) is 15.0. The number of hydrogen-bond acceptors (Lipinski definition) is 8. The molecule has 0 amide bonds. The monoisotopic (exact) mass is 475 g/mol. The second-order valence-electron chi connectivity index (χ2n) is 8.35. The van der Waals surface area contributed by atoms with Crippen LogP contribution in [0.3, 0.4) is 0 Å². The Kier molecular flexibility index (Phi) is 9.53. The van der Waals surface area contributed by atoms with Crippen LogP contribution in [0, 0.1) is 0 Å². The average molecular weight is 476 g/mol. The van der Waals surface area contributed by atoms with E-state index in [1.54, 1.807) is 12.1 Å². The van der Waals surface area contributed by atoms with Crippen molar-refractivity contribution in [1.29, 1.82) is 0 Å². The highest BCUT2D eigenvalue weighted by atomic mass is 16.6. The Labute approximate surface area is 202 Å². The van der Waals surface area contributed by atoms with Crippen LogP contribution in [0.2, 0.25) is 0 Å². The van der Waals surface area contributed by atoms with Crippen molar-refractivity contribution in [2.45, 2.75) is 38.2 Å². The van der Waals surface area contributed by atoms with Crippen molar-refractivity contribution in [1.82, 2.24) is 4.90 Å². The molecule has 2 aromatic carbocycles. The van der Waals surface area contributed by atoms with Crippen LogP contribution >= 0.6 is 0 Å². The molecule has 0 saturated carbocycles. The Hall–Kier alpha value is -2.84. The van der Waals surface area contributed by atoms with Gasteiger partial charge in [-0.15, -0.1) is 0 Å². The average Bonchev–Trinajstić information content (AvgIpc) is 2.87. The van der Waals surface area contributed by atoms with Gasteiger partial charge in [0.15, 0.2) is 11.5 Å². The predicted molar refractivity (Wildman–Crippen MR) is 130 cm³/mol. The molecule has 34 heavy (non-hydrogen) atoms. The van der Waals surface area contributed by atoms with Gasteiger partial charge in [-0.3, -0.25) is 4.90 Å². The number of phenolic OH excluding ortho intramolecular Hbond substituents is 1. The van der Waals surface area contributed by atoms with Crippen molar-refractivity contribution in [2.75, 3.05) is 54.7 Å². The molecule has 0 aromatic heterocycles. The molecule has 188 valence electrons. The molecule has 2 aromatic rings. The van der Waals surface area contributed by atoms with Crippen LogP contribution in [-0.2, 0) is 6.42 Å². The van der Waals surface area contributed by atoms with Crippen molar-refractivity contribution in [2.24, 2.45) is 0 Å². The highest BCUT2D eigenvalue weighted by Gasteiger charge is 2.32. The van der Waals surface area contributed by atoms with Crippen molar-refractivity contribution in [3.05, 3.63) is 35.4 Å². The van der Waals surface area contributed by atoms with Crippen molar-refractivity contribution in [3.8, 4) is 34.5 Å². The smallest absolute Gasteiger partial charge is 0.211 e. The van der Waals surface area contributed by atoms with E-state index in [1.165, 1.54) is 47.7 Å². The van der Waals surface area contributed by atoms with Crippen molar-refractivity contribution >= 4 is 0 Å². The number of piperidine rings is 1. The third kappa shape index (κ3) is 5.98. The van der Waals surface area contributed by atoms with E-state index in [4.69, 9.17) is 23.7 Å². The number of aryl methyl sites for hydroxylation is 1. The standard InChI is InChI=1S/C26H37NO7/c1-30-22-21(20(29)13-10-18-8-11-19(28)12-9-18)23(25(32-3)26(33-4)24(22)31-2)34-17-16-27-14-6-5-7-15-27/h8-9,11-12,20,28-29H,5-7,10,13-17H2,1-4H3. The number of likely N-dealkylation sites (tertiary alicyclic amines) is 1. The van der Waals surface area contributed by atoms with Gasteiger partial charge in [0, 0.05) is 6.54 Å². The fraction of sp³-hybridized carbons (Fsp3) is 0.538. The van der Waals surface area contributed by atoms with E-state index in [0.717, 1.165) is 25.2 Å². The zero-order chi connectivity index (χ0) is 24.5. The van der Waals surface area contributed by atoms with E-state index in [0.29, 0.717) is 53.8 Å². The minimum atomic E-state index is -0.914. The van der Waals surface area contributed by atoms with E-state index in [9.17, 15) is 10.2 Å². The molecule has 0 bridgehead atoms. The lowest BCUT2D eigenvalue weighted by Gasteiger charge is -2.28. The SMILES string of the molecule is COc1c(OC)c(OC)c(C(O)CCc2ccc(O)cc2)c(OCCN2CCCCC2)c1OC. The fourth-order valence-electron chi connectivity index (χ4n) is 4.43. The molecule has 2 N–H and O–H groups in total. The third-order valence-corrected chi connectivity index (χ3v) is 6.21. The number of aromatic hydroxyl groups is 1. The minimum absolute atomic E-state index is 0.208. The number of aliphatic hydroxyl groups excluding tert-OH is 1. The molecule has 1 aliphatic heterocycles. The molecule has 8 nitrogen and oxygen atoms in total. The van der Waals surface area contributed by atoms with Crippen LogP contribution in [0.15, 0.2) is 24.3 Å². The van der Waals surface area contributed by atoms with E-state index >= 15 is 0 Å². The van der Waals surface area contributed by atoms with Gasteiger partial charge in [-0.2, -0.15) is 0 Å². The molecule has 3 rings (SSSR count). The highest BCUT2D eigenvalue weighted by Crippen LogP contribution is 2.55. The molecule has 0 aliphatic carbocycles. The van der Waals surface area contributed by atoms with E-state index < -0.39 is 6.10 Å². The largest absolute Gasteiger partial charge is 0.508 e. The first-order valence-corrected chi connectivity index (χ1v) is 11.7. The van der Waals surface area contributed by atoms with Crippen LogP contribution in [0.4, 0.5) is 0 Å². The molecule has 1 saturated heterocycles. The van der Waals surface area contributed by atoms with Gasteiger partial charge in [-0.1, -0.05) is 18.6 Å². The summed E-state index contributed by atoms with van der Waals surface area (Å²) < 4.78 is 28.8. The molecule has 1 heterocycles. The summed E-state index contributed by atoms with van der Waals surface area (Å²) in [6.07, 6.45) is 3.76. The Morgan fingerprint density at radius 1 is 0.794 bits per heavy atom. The van der Waals surface area contributed by atoms with Gasteiger partial charge in [-0.25, -0.2) is 0 Å². The van der Waals surface area contributed by atoms with Crippen molar-refractivity contribution in [3.63, 3.8) is 0 Å². The number of ether oxygens (including phenoxy) is 5. The topological polar surface area (TPSA) is 89.9 Å². The van der Waals surface area contributed by atoms with Gasteiger partial charge in [-0.05, 0) is 56.5 Å². The van der Waals surface area contributed by atoms with Gasteiger partial charge in [0.2, 0.25) is 17.2 Å². The van der Waals surface area contributed by atoms with E-state index in [-0.39, 0.29) is 5.75 Å². The molecular weight excluding hydrogens is 438 g/mol. The number of methoxy groups -OCH3 is 4. The molecule has 0 spiro atoms. The first-order chi connectivity index (χ1) is 16.5. The molecular formula is C26H37NO7. The summed E-state index contributed by atoms with van der Waals surface area (Å²) in [5.41, 5.74) is 1.46. The number of rotatable bonds is 12. The zero-order valence-corrected chi connectivity index (χ0v) is 20.6. The number of nitrogens with zero attached hydrogens (tertiary/aromatic N) is 1. The maximum Gasteiger partial charge on any atom is 0.211 e. The van der Waals surface area contributed by atoms with Gasteiger partial charge >= 0.3 is 0 Å². The fourth-order valence-corrected chi connectivity index (χ4v) is 4.43. The molecule has 1 fully saturated rings. The lowest BCUT2D eigenvalue weighted by molar-refractivity contribution is 0.146. The first kappa shape index (κ1) is 25.8. The molecule has 1 unspecified atom stereocenters. The minimum Gasteiger partial charge on any atom is -0.508 e. The van der Waals surface area contributed by atoms with E-state index in [1.807, 2.05) is 12.1 Å².